The topological polar surface area (TPSA) is 29.9 Å². The van der Waals surface area contributed by atoms with Crippen LogP contribution in [-0.4, -0.2) is 16.3 Å². The first-order chi connectivity index (χ1) is 9.38. The van der Waals surface area contributed by atoms with Crippen LogP contribution in [0.4, 0.5) is 0 Å². The molecule has 19 heavy (non-hydrogen) atoms. The summed E-state index contributed by atoms with van der Waals surface area (Å²) < 4.78 is 1.97. The predicted molar refractivity (Wildman–Crippen MR) is 77.5 cm³/mol. The van der Waals surface area contributed by atoms with Crippen LogP contribution in [0.5, 0.6) is 0 Å². The van der Waals surface area contributed by atoms with Crippen LogP contribution in [0, 0.1) is 11.8 Å². The Hall–Kier alpha value is -2.05. The van der Waals surface area contributed by atoms with Gasteiger partial charge in [-0.15, -0.1) is 11.8 Å². The average molecular weight is 253 g/mol. The fraction of sp³-hybridized carbons (Fsp3) is 0.312. The van der Waals surface area contributed by atoms with Crippen molar-refractivity contribution in [2.45, 2.75) is 26.4 Å². The molecule has 1 heterocycles. The van der Waals surface area contributed by atoms with Crippen molar-refractivity contribution in [2.75, 3.05) is 6.54 Å². The van der Waals surface area contributed by atoms with E-state index in [1.165, 1.54) is 11.1 Å². The summed E-state index contributed by atoms with van der Waals surface area (Å²) >= 11 is 0. The minimum Gasteiger partial charge on any atom is -0.312 e. The molecule has 0 unspecified atom stereocenters. The van der Waals surface area contributed by atoms with Crippen molar-refractivity contribution in [1.82, 2.24) is 15.1 Å². The second-order valence-electron chi connectivity index (χ2n) is 4.39. The molecule has 0 fully saturated rings. The van der Waals surface area contributed by atoms with Gasteiger partial charge in [-0.3, -0.25) is 4.68 Å². The van der Waals surface area contributed by atoms with Gasteiger partial charge < -0.3 is 5.32 Å². The van der Waals surface area contributed by atoms with Gasteiger partial charge in [-0.2, -0.15) is 5.10 Å². The van der Waals surface area contributed by atoms with Crippen LogP contribution in [0.25, 0.3) is 0 Å². The zero-order valence-corrected chi connectivity index (χ0v) is 11.3. The Labute approximate surface area is 114 Å². The van der Waals surface area contributed by atoms with Crippen molar-refractivity contribution in [3.63, 3.8) is 0 Å². The molecule has 0 bridgehead atoms. The first kappa shape index (κ1) is 13.4. The second kappa shape index (κ2) is 7.40. The molecule has 0 saturated heterocycles. The molecule has 0 radical (unpaired) electrons. The highest BCUT2D eigenvalue weighted by Crippen LogP contribution is 2.03. The highest BCUT2D eigenvalue weighted by Gasteiger charge is 1.99. The van der Waals surface area contributed by atoms with Gasteiger partial charge in [0.1, 0.15) is 0 Å². The van der Waals surface area contributed by atoms with E-state index in [4.69, 9.17) is 0 Å². The standard InChI is InChI=1S/C16H19N3/c1-2-3-7-10-17-11-16-12-18-19(14-16)13-15-8-5-4-6-9-15/h4-6,8-9,12,14,17H,7,10-11,13H2,1H3. The lowest BCUT2D eigenvalue weighted by molar-refractivity contribution is 0.680. The molecule has 0 saturated carbocycles. The van der Waals surface area contributed by atoms with E-state index in [1.54, 1.807) is 0 Å². The van der Waals surface area contributed by atoms with Crippen molar-refractivity contribution in [2.24, 2.45) is 0 Å². The van der Waals surface area contributed by atoms with Crippen molar-refractivity contribution in [3.8, 4) is 11.8 Å². The summed E-state index contributed by atoms with van der Waals surface area (Å²) in [6.07, 6.45) is 4.90. The molecule has 2 rings (SSSR count). The number of hydrogen-bond donors (Lipinski definition) is 1. The largest absolute Gasteiger partial charge is 0.312 e. The average Bonchev–Trinajstić information content (AvgIpc) is 2.87. The van der Waals surface area contributed by atoms with Gasteiger partial charge in [-0.25, -0.2) is 0 Å². The normalized spacial score (nSPS) is 9.95. The van der Waals surface area contributed by atoms with E-state index in [9.17, 15) is 0 Å². The molecule has 1 aromatic carbocycles. The monoisotopic (exact) mass is 253 g/mol. The third kappa shape index (κ3) is 4.61. The van der Waals surface area contributed by atoms with Gasteiger partial charge in [0, 0.05) is 31.3 Å². The maximum atomic E-state index is 4.38. The van der Waals surface area contributed by atoms with Gasteiger partial charge in [0.25, 0.3) is 0 Å². The Balaban J connectivity index is 1.80. The van der Waals surface area contributed by atoms with Crippen molar-refractivity contribution in [3.05, 3.63) is 53.9 Å². The van der Waals surface area contributed by atoms with Crippen LogP contribution in [0.15, 0.2) is 42.7 Å². The highest BCUT2D eigenvalue weighted by atomic mass is 15.3. The van der Waals surface area contributed by atoms with Gasteiger partial charge in [-0.1, -0.05) is 30.3 Å². The number of rotatable bonds is 6. The zero-order chi connectivity index (χ0) is 13.3. The Morgan fingerprint density at radius 2 is 2.05 bits per heavy atom. The molecule has 0 aliphatic rings. The SMILES string of the molecule is CC#CCCNCc1cnn(Cc2ccccc2)c1. The summed E-state index contributed by atoms with van der Waals surface area (Å²) in [6.45, 7) is 4.46. The van der Waals surface area contributed by atoms with Crippen LogP contribution >= 0.6 is 0 Å². The van der Waals surface area contributed by atoms with E-state index in [0.717, 1.165) is 26.1 Å². The third-order valence-corrected chi connectivity index (χ3v) is 2.81. The first-order valence-corrected chi connectivity index (χ1v) is 6.54. The molecule has 1 N–H and O–H groups in total. The van der Waals surface area contributed by atoms with Crippen LogP contribution in [0.1, 0.15) is 24.5 Å². The van der Waals surface area contributed by atoms with Gasteiger partial charge in [-0.05, 0) is 12.5 Å². The highest BCUT2D eigenvalue weighted by molar-refractivity contribution is 5.15. The Bertz CT molecular complexity index is 546. The summed E-state index contributed by atoms with van der Waals surface area (Å²) in [5.74, 6) is 5.93. The summed E-state index contributed by atoms with van der Waals surface area (Å²) in [5, 5.41) is 7.73. The van der Waals surface area contributed by atoms with E-state index in [1.807, 2.05) is 23.9 Å². The molecule has 3 heteroatoms. The lowest BCUT2D eigenvalue weighted by Gasteiger charge is -2.01. The maximum absolute atomic E-state index is 4.38. The Morgan fingerprint density at radius 3 is 2.84 bits per heavy atom. The Kier molecular flexibility index (Phi) is 5.21. The van der Waals surface area contributed by atoms with Crippen molar-refractivity contribution >= 4 is 0 Å². The molecular formula is C16H19N3. The molecule has 0 atom stereocenters. The smallest absolute Gasteiger partial charge is 0.0659 e. The molecule has 2 aromatic rings. The second-order valence-corrected chi connectivity index (χ2v) is 4.39. The zero-order valence-electron chi connectivity index (χ0n) is 11.3. The molecular weight excluding hydrogens is 234 g/mol. The van der Waals surface area contributed by atoms with E-state index >= 15 is 0 Å². The first-order valence-electron chi connectivity index (χ1n) is 6.54. The quantitative estimate of drug-likeness (QED) is 0.633. The summed E-state index contributed by atoms with van der Waals surface area (Å²) in [4.78, 5) is 0. The summed E-state index contributed by atoms with van der Waals surface area (Å²) in [5.41, 5.74) is 2.48. The van der Waals surface area contributed by atoms with Gasteiger partial charge in [0.05, 0.1) is 12.7 Å². The molecule has 0 spiro atoms. The number of nitrogens with one attached hydrogen (secondary N) is 1. The molecule has 1 aromatic heterocycles. The van der Waals surface area contributed by atoms with Crippen molar-refractivity contribution < 1.29 is 0 Å². The van der Waals surface area contributed by atoms with Gasteiger partial charge >= 0.3 is 0 Å². The molecule has 3 nitrogen and oxygen atoms in total. The Morgan fingerprint density at radius 1 is 1.21 bits per heavy atom. The lowest BCUT2D eigenvalue weighted by atomic mass is 10.2. The number of aromatic nitrogens is 2. The minimum absolute atomic E-state index is 0.822. The van der Waals surface area contributed by atoms with Crippen LogP contribution in [0.3, 0.4) is 0 Å². The summed E-state index contributed by atoms with van der Waals surface area (Å²) in [6, 6.07) is 10.4. The predicted octanol–water partition coefficient (Wildman–Crippen LogP) is 2.43. The maximum Gasteiger partial charge on any atom is 0.0659 e. The van der Waals surface area contributed by atoms with Gasteiger partial charge in [0.15, 0.2) is 0 Å². The molecule has 98 valence electrons. The third-order valence-electron chi connectivity index (χ3n) is 2.81. The summed E-state index contributed by atoms with van der Waals surface area (Å²) in [7, 11) is 0. The minimum atomic E-state index is 0.822. The molecule has 0 aliphatic carbocycles. The van der Waals surface area contributed by atoms with Crippen LogP contribution in [-0.2, 0) is 13.1 Å². The van der Waals surface area contributed by atoms with E-state index in [2.05, 4.69) is 52.7 Å². The molecule has 0 amide bonds. The fourth-order valence-electron chi connectivity index (χ4n) is 1.86. The van der Waals surface area contributed by atoms with Crippen molar-refractivity contribution in [1.29, 1.82) is 0 Å². The van der Waals surface area contributed by atoms with Crippen LogP contribution < -0.4 is 5.32 Å². The van der Waals surface area contributed by atoms with E-state index < -0.39 is 0 Å². The van der Waals surface area contributed by atoms with E-state index in [0.29, 0.717) is 0 Å². The van der Waals surface area contributed by atoms with Gasteiger partial charge in [0.2, 0.25) is 0 Å². The molecule has 0 aliphatic heterocycles. The number of benzene rings is 1. The number of nitrogens with zero attached hydrogens (tertiary/aromatic N) is 2. The lowest BCUT2D eigenvalue weighted by Crippen LogP contribution is -2.13. The van der Waals surface area contributed by atoms with E-state index in [-0.39, 0.29) is 0 Å². The number of hydrogen-bond acceptors (Lipinski definition) is 2. The van der Waals surface area contributed by atoms with Crippen LogP contribution in [0.2, 0.25) is 0 Å². The fourth-order valence-corrected chi connectivity index (χ4v) is 1.86.